The van der Waals surface area contributed by atoms with E-state index in [9.17, 15) is 9.59 Å². The number of ether oxygens (including phenoxy) is 1. The minimum Gasteiger partial charge on any atom is -0.490 e. The van der Waals surface area contributed by atoms with Gasteiger partial charge >= 0.3 is 5.97 Å². The zero-order valence-electron chi connectivity index (χ0n) is 11.3. The highest BCUT2D eigenvalue weighted by molar-refractivity contribution is 6.01. The monoisotopic (exact) mass is 278 g/mol. The molecule has 6 heteroatoms. The van der Waals surface area contributed by atoms with Crippen molar-refractivity contribution in [2.24, 2.45) is 0 Å². The second kappa shape index (κ2) is 6.38. The predicted molar refractivity (Wildman–Crippen MR) is 74.5 cm³/mol. The second-order valence-electron chi connectivity index (χ2n) is 4.67. The van der Waals surface area contributed by atoms with Gasteiger partial charge in [0.25, 0.3) is 0 Å². The summed E-state index contributed by atoms with van der Waals surface area (Å²) in [6.07, 6.45) is -0.00277. The van der Waals surface area contributed by atoms with Crippen molar-refractivity contribution < 1.29 is 19.4 Å². The Bertz CT molecular complexity index is 516. The Labute approximate surface area is 117 Å². The van der Waals surface area contributed by atoms with Crippen molar-refractivity contribution >= 4 is 17.4 Å². The highest BCUT2D eigenvalue weighted by Gasteiger charge is 2.18. The molecule has 6 nitrogen and oxygen atoms in total. The fourth-order valence-corrected chi connectivity index (χ4v) is 2.03. The van der Waals surface area contributed by atoms with Crippen molar-refractivity contribution in [3.05, 3.63) is 23.8 Å². The minimum atomic E-state index is -0.882. The summed E-state index contributed by atoms with van der Waals surface area (Å²) >= 11 is 0. The number of fused-ring (bicyclic) bond motifs is 1. The van der Waals surface area contributed by atoms with Gasteiger partial charge in [0.15, 0.2) is 5.78 Å². The molecular weight excluding hydrogens is 260 g/mol. The van der Waals surface area contributed by atoms with Crippen LogP contribution in [0.1, 0.15) is 23.7 Å². The summed E-state index contributed by atoms with van der Waals surface area (Å²) in [4.78, 5) is 22.7. The number of aliphatic carboxylic acids is 1. The number of Topliss-reactive ketones (excluding diaryl/α,β-unsaturated/α-hetero) is 1. The number of hydrogen-bond donors (Lipinski definition) is 3. The molecule has 108 valence electrons. The topological polar surface area (TPSA) is 87.7 Å². The lowest BCUT2D eigenvalue weighted by molar-refractivity contribution is -0.136. The van der Waals surface area contributed by atoms with Crippen molar-refractivity contribution in [3.8, 4) is 5.75 Å². The van der Waals surface area contributed by atoms with Crippen LogP contribution in [-0.4, -0.2) is 42.6 Å². The molecule has 1 aliphatic heterocycles. The molecule has 20 heavy (non-hydrogen) atoms. The zero-order chi connectivity index (χ0) is 14.5. The average Bonchev–Trinajstić information content (AvgIpc) is 2.45. The molecule has 1 atom stereocenters. The molecular formula is C14H18N2O4. The van der Waals surface area contributed by atoms with Crippen molar-refractivity contribution in [1.82, 2.24) is 5.32 Å². The molecule has 2 rings (SSSR count). The highest BCUT2D eigenvalue weighted by atomic mass is 16.5. The summed E-state index contributed by atoms with van der Waals surface area (Å²) in [5, 5.41) is 14.7. The van der Waals surface area contributed by atoms with Gasteiger partial charge in [-0.2, -0.15) is 0 Å². The smallest absolute Gasteiger partial charge is 0.304 e. The van der Waals surface area contributed by atoms with Crippen LogP contribution in [0.2, 0.25) is 0 Å². The summed E-state index contributed by atoms with van der Waals surface area (Å²) in [6, 6.07) is 4.85. The van der Waals surface area contributed by atoms with E-state index in [0.29, 0.717) is 12.2 Å². The van der Waals surface area contributed by atoms with Crippen LogP contribution in [0.15, 0.2) is 18.2 Å². The molecule has 0 fully saturated rings. The molecule has 0 aliphatic carbocycles. The Morgan fingerprint density at radius 2 is 2.30 bits per heavy atom. The van der Waals surface area contributed by atoms with E-state index in [0.717, 1.165) is 18.0 Å². The second-order valence-corrected chi connectivity index (χ2v) is 4.67. The highest BCUT2D eigenvalue weighted by Crippen LogP contribution is 2.28. The average molecular weight is 278 g/mol. The van der Waals surface area contributed by atoms with Crippen molar-refractivity contribution in [3.63, 3.8) is 0 Å². The Morgan fingerprint density at radius 3 is 3.05 bits per heavy atom. The lowest BCUT2D eigenvalue weighted by Gasteiger charge is -2.20. The normalized spacial score (nSPS) is 14.7. The van der Waals surface area contributed by atoms with E-state index in [1.807, 2.05) is 0 Å². The number of carbonyl (C=O) groups excluding carboxylic acids is 1. The molecule has 1 heterocycles. The summed E-state index contributed by atoms with van der Waals surface area (Å²) in [7, 11) is 0. The summed E-state index contributed by atoms with van der Waals surface area (Å²) in [5.74, 6) is -0.197. The van der Waals surface area contributed by atoms with E-state index in [2.05, 4.69) is 10.6 Å². The largest absolute Gasteiger partial charge is 0.490 e. The Morgan fingerprint density at radius 1 is 1.50 bits per heavy atom. The quantitative estimate of drug-likeness (QED) is 0.676. The number of ketones is 1. The molecule has 0 aromatic heterocycles. The summed E-state index contributed by atoms with van der Waals surface area (Å²) in [5.41, 5.74) is 1.40. The maximum Gasteiger partial charge on any atom is 0.304 e. The predicted octanol–water partition coefficient (Wildman–Crippen LogP) is 1.13. The van der Waals surface area contributed by atoms with Gasteiger partial charge in [0.05, 0.1) is 18.2 Å². The van der Waals surface area contributed by atoms with Gasteiger partial charge in [0.1, 0.15) is 12.4 Å². The number of carboxylic acids is 1. The van der Waals surface area contributed by atoms with Gasteiger partial charge in [0, 0.05) is 18.7 Å². The third kappa shape index (κ3) is 3.48. The van der Waals surface area contributed by atoms with Crippen LogP contribution in [0.5, 0.6) is 5.75 Å². The fraction of sp³-hybridized carbons (Fsp3) is 0.429. The maximum atomic E-state index is 12.2. The molecule has 1 unspecified atom stereocenters. The molecule has 1 aliphatic rings. The molecule has 3 N–H and O–H groups in total. The third-order valence-corrected chi connectivity index (χ3v) is 3.12. The van der Waals surface area contributed by atoms with E-state index in [4.69, 9.17) is 9.84 Å². The zero-order valence-corrected chi connectivity index (χ0v) is 11.3. The maximum absolute atomic E-state index is 12.2. The molecule has 0 saturated heterocycles. The van der Waals surface area contributed by atoms with Crippen molar-refractivity contribution in [1.29, 1.82) is 0 Å². The number of anilines is 1. The van der Waals surface area contributed by atoms with Crippen LogP contribution in [0, 0.1) is 0 Å². The first kappa shape index (κ1) is 14.3. The van der Waals surface area contributed by atoms with Gasteiger partial charge in [0.2, 0.25) is 0 Å². The number of nitrogens with one attached hydrogen (secondary N) is 2. The van der Waals surface area contributed by atoms with E-state index in [-0.39, 0.29) is 18.7 Å². The number of carbonyl (C=O) groups is 2. The minimum absolute atomic E-state index is 0.00277. The van der Waals surface area contributed by atoms with Gasteiger partial charge in [-0.25, -0.2) is 0 Å². The van der Waals surface area contributed by atoms with Gasteiger partial charge < -0.3 is 20.5 Å². The van der Waals surface area contributed by atoms with Crippen LogP contribution >= 0.6 is 0 Å². The first-order valence-electron chi connectivity index (χ1n) is 6.58. The first-order chi connectivity index (χ1) is 9.58. The van der Waals surface area contributed by atoms with Gasteiger partial charge in [-0.15, -0.1) is 0 Å². The number of rotatable bonds is 6. The Kier molecular flexibility index (Phi) is 4.57. The lowest BCUT2D eigenvalue weighted by Crippen LogP contribution is -2.35. The van der Waals surface area contributed by atoms with Crippen LogP contribution in [0.25, 0.3) is 0 Å². The van der Waals surface area contributed by atoms with Crippen LogP contribution in [0.4, 0.5) is 5.69 Å². The van der Waals surface area contributed by atoms with Crippen LogP contribution in [0.3, 0.4) is 0 Å². The van der Waals surface area contributed by atoms with Gasteiger partial charge in [-0.3, -0.25) is 9.59 Å². The Balaban J connectivity index is 1.99. The molecule has 1 aromatic rings. The molecule has 1 aromatic carbocycles. The van der Waals surface area contributed by atoms with E-state index < -0.39 is 12.0 Å². The molecule has 0 bridgehead atoms. The number of hydrogen-bond acceptors (Lipinski definition) is 5. The molecule has 0 radical (unpaired) electrons. The van der Waals surface area contributed by atoms with Crippen molar-refractivity contribution in [2.75, 3.05) is 25.0 Å². The summed E-state index contributed by atoms with van der Waals surface area (Å²) in [6.45, 7) is 3.34. The fourth-order valence-electron chi connectivity index (χ4n) is 2.03. The number of carboxylic acid groups (broad SMARTS) is 1. The van der Waals surface area contributed by atoms with Crippen LogP contribution in [-0.2, 0) is 4.79 Å². The molecule has 0 amide bonds. The standard InChI is InChI=1S/C14H18N2O4/c1-9(15-5-4-13(17)18)14(19)10-2-3-12-11(8-10)16-6-7-20-12/h2-3,8-9,15-16H,4-7H2,1H3,(H,17,18). The summed E-state index contributed by atoms with van der Waals surface area (Å²) < 4.78 is 5.46. The van der Waals surface area contributed by atoms with E-state index in [1.54, 1.807) is 25.1 Å². The van der Waals surface area contributed by atoms with Gasteiger partial charge in [-0.05, 0) is 25.1 Å². The third-order valence-electron chi connectivity index (χ3n) is 3.12. The molecule has 0 saturated carbocycles. The number of benzene rings is 1. The first-order valence-corrected chi connectivity index (χ1v) is 6.58. The van der Waals surface area contributed by atoms with Crippen LogP contribution < -0.4 is 15.4 Å². The SMILES string of the molecule is CC(NCCC(=O)O)C(=O)c1ccc2c(c1)NCCO2. The molecule has 0 spiro atoms. The van der Waals surface area contributed by atoms with E-state index in [1.165, 1.54) is 0 Å². The Hall–Kier alpha value is -2.08. The lowest BCUT2D eigenvalue weighted by atomic mass is 10.0. The van der Waals surface area contributed by atoms with Crippen molar-refractivity contribution in [2.45, 2.75) is 19.4 Å². The van der Waals surface area contributed by atoms with Gasteiger partial charge in [-0.1, -0.05) is 0 Å². The van der Waals surface area contributed by atoms with E-state index >= 15 is 0 Å².